The maximum Gasteiger partial charge on any atom is 0.460 e. The minimum atomic E-state index is -10.2. The summed E-state index contributed by atoms with van der Waals surface area (Å²) < 4.78 is 441. The molecule has 0 spiro atoms. The van der Waals surface area contributed by atoms with Crippen LogP contribution < -0.4 is 0 Å². The molecule has 0 bridgehead atoms. The average molecular weight is 848 g/mol. The number of hydrogen-bond donors (Lipinski definition) is 0. The summed E-state index contributed by atoms with van der Waals surface area (Å²) in [6.07, 6.45) is -11.3. The molecule has 308 valence electrons. The number of rotatable bonds is 15. The molecule has 0 N–H and O–H groups in total. The highest BCUT2D eigenvalue weighted by Gasteiger charge is 3.01. The Kier molecular flexibility index (Phi) is 11.1. The normalized spacial score (nSPS) is 17.3. The minimum Gasteiger partial charge on any atom is -0.200 e. The van der Waals surface area contributed by atoms with Crippen LogP contribution in [0.4, 0.5) is 145 Å². The van der Waals surface area contributed by atoms with Crippen molar-refractivity contribution < 1.29 is 145 Å². The van der Waals surface area contributed by atoms with Crippen LogP contribution >= 0.6 is 0 Å². The quantitative estimate of drug-likeness (QED) is 0.144. The van der Waals surface area contributed by atoms with Crippen molar-refractivity contribution in [2.24, 2.45) is 0 Å². The van der Waals surface area contributed by atoms with Crippen LogP contribution in [-0.2, 0) is 0 Å². The van der Waals surface area contributed by atoms with Crippen molar-refractivity contribution >= 4 is 0 Å². The zero-order valence-corrected chi connectivity index (χ0v) is 22.2. The van der Waals surface area contributed by atoms with E-state index < -0.39 is 108 Å². The first kappa shape index (κ1) is 48.7. The molecule has 0 aromatic carbocycles. The van der Waals surface area contributed by atoms with E-state index in [1.54, 1.807) is 0 Å². The Morgan fingerprint density at radius 3 is 0.431 bits per heavy atom. The van der Waals surface area contributed by atoms with E-state index in [0.29, 0.717) is 0 Å². The van der Waals surface area contributed by atoms with Crippen LogP contribution in [0.15, 0.2) is 0 Å². The maximum absolute atomic E-state index is 13.8. The van der Waals surface area contributed by atoms with Crippen LogP contribution in [0.3, 0.4) is 0 Å². The van der Waals surface area contributed by atoms with Crippen molar-refractivity contribution in [1.82, 2.24) is 0 Å². The van der Waals surface area contributed by atoms with Crippen LogP contribution in [0.1, 0.15) is 13.3 Å². The second kappa shape index (κ2) is 11.6. The lowest BCUT2D eigenvalue weighted by Gasteiger charge is -2.46. The van der Waals surface area contributed by atoms with Gasteiger partial charge in [0.05, 0.1) is 0 Å². The van der Waals surface area contributed by atoms with Gasteiger partial charge in [0, 0.05) is 6.42 Å². The van der Waals surface area contributed by atoms with Gasteiger partial charge in [0.25, 0.3) is 0 Å². The molecule has 0 amide bonds. The SMILES string of the molecule is CCC(F)(F)C(F)(F)C(F)(F)C(F)(F)C(F)(F)C(F)(F)C(F)(F)C(F)(F)C(F)(F)C(F)(F)C(F)(F)C(F)(F)C(F)(F)C(F)(F)C(F)(F)C(F)(F)F. The highest BCUT2D eigenvalue weighted by molar-refractivity contribution is 5.22. The van der Waals surface area contributed by atoms with Gasteiger partial charge in [0.2, 0.25) is 0 Å². The Morgan fingerprint density at radius 1 is 0.196 bits per heavy atom. The number of alkyl halides is 33. The summed E-state index contributed by atoms with van der Waals surface area (Å²) in [6, 6.07) is 0. The molecule has 33 heteroatoms. The number of hydrogen-bond acceptors (Lipinski definition) is 0. The van der Waals surface area contributed by atoms with Crippen molar-refractivity contribution in [3.05, 3.63) is 0 Å². The van der Waals surface area contributed by atoms with E-state index in [1.807, 2.05) is 0 Å². The molecule has 0 unspecified atom stereocenters. The minimum absolute atomic E-state index is 0.427. The molecule has 0 fully saturated rings. The van der Waals surface area contributed by atoms with E-state index in [2.05, 4.69) is 0 Å². The van der Waals surface area contributed by atoms with Crippen molar-refractivity contribution in [2.45, 2.75) is 108 Å². The van der Waals surface area contributed by atoms with Crippen LogP contribution in [0.25, 0.3) is 0 Å². The lowest BCUT2D eigenvalue weighted by atomic mass is 9.82. The summed E-state index contributed by atoms with van der Waals surface area (Å²) in [7, 11) is 0. The Labute approximate surface area is 254 Å². The molecular weight excluding hydrogens is 843 g/mol. The molecule has 0 aliphatic carbocycles. The zero-order valence-electron chi connectivity index (χ0n) is 22.2. The molecule has 0 aliphatic heterocycles. The first-order valence-electron chi connectivity index (χ1n) is 11.0. The average Bonchev–Trinajstić information content (AvgIpc) is 2.90. The Hall–Kier alpha value is -2.31. The van der Waals surface area contributed by atoms with E-state index in [0.717, 1.165) is 0 Å². The highest BCUT2D eigenvalue weighted by Crippen LogP contribution is 2.70. The lowest BCUT2D eigenvalue weighted by Crippen LogP contribution is -2.79. The summed E-state index contributed by atoms with van der Waals surface area (Å²) in [5.74, 6) is -142. The summed E-state index contributed by atoms with van der Waals surface area (Å²) in [4.78, 5) is 0. The summed E-state index contributed by atoms with van der Waals surface area (Å²) in [5, 5.41) is 0. The smallest absolute Gasteiger partial charge is 0.200 e. The van der Waals surface area contributed by atoms with Gasteiger partial charge in [-0.2, -0.15) is 145 Å². The van der Waals surface area contributed by atoms with E-state index in [4.69, 9.17) is 0 Å². The van der Waals surface area contributed by atoms with Gasteiger partial charge < -0.3 is 0 Å². The highest BCUT2D eigenvalue weighted by atomic mass is 19.4. The van der Waals surface area contributed by atoms with Gasteiger partial charge >= 0.3 is 95.0 Å². The molecule has 0 saturated heterocycles. The van der Waals surface area contributed by atoms with Crippen LogP contribution in [0.5, 0.6) is 0 Å². The van der Waals surface area contributed by atoms with E-state index in [9.17, 15) is 145 Å². The summed E-state index contributed by atoms with van der Waals surface area (Å²) >= 11 is 0. The Morgan fingerprint density at radius 2 is 0.314 bits per heavy atom. The lowest BCUT2D eigenvalue weighted by molar-refractivity contribution is -0.491. The van der Waals surface area contributed by atoms with Crippen molar-refractivity contribution in [3.63, 3.8) is 0 Å². The first-order valence-corrected chi connectivity index (χ1v) is 11.0. The molecular formula is C18H5F33. The van der Waals surface area contributed by atoms with Crippen LogP contribution in [0.2, 0.25) is 0 Å². The Bertz CT molecular complexity index is 1260. The summed E-state index contributed by atoms with van der Waals surface area (Å²) in [5.41, 5.74) is 0. The standard InChI is InChI=1S/C18H5F33/c1-2-3(19,20)4(21,22)5(23,24)6(25,26)7(27,28)8(29,30)9(31,32)10(33,34)11(35,36)12(37,38)13(39,40)14(41,42)15(43,44)16(45,46)17(47,48)18(49,50)51/h2H2,1H3. The molecule has 0 aromatic rings. The predicted molar refractivity (Wildman–Crippen MR) is 90.6 cm³/mol. The van der Waals surface area contributed by atoms with Gasteiger partial charge in [-0.3, -0.25) is 0 Å². The third kappa shape index (κ3) is 5.41. The van der Waals surface area contributed by atoms with Gasteiger partial charge in [0.15, 0.2) is 0 Å². The fraction of sp³-hybridized carbons (Fsp3) is 1.00. The topological polar surface area (TPSA) is 0 Å². The van der Waals surface area contributed by atoms with E-state index >= 15 is 0 Å². The number of halogens is 33. The van der Waals surface area contributed by atoms with Crippen LogP contribution in [0, 0.1) is 0 Å². The molecule has 0 radical (unpaired) electrons. The summed E-state index contributed by atoms with van der Waals surface area (Å²) in [6.45, 7) is -0.427. The Balaban J connectivity index is 7.72. The predicted octanol–water partition coefficient (Wildman–Crippen LogP) is 11.5. The van der Waals surface area contributed by atoms with Crippen LogP contribution in [-0.4, -0.2) is 95.0 Å². The first-order chi connectivity index (χ1) is 21.3. The fourth-order valence-electron chi connectivity index (χ4n) is 3.00. The molecule has 0 atom stereocenters. The molecule has 51 heavy (non-hydrogen) atoms. The monoisotopic (exact) mass is 848 g/mol. The van der Waals surface area contributed by atoms with Crippen molar-refractivity contribution in [2.75, 3.05) is 0 Å². The van der Waals surface area contributed by atoms with Gasteiger partial charge in [-0.15, -0.1) is 0 Å². The largest absolute Gasteiger partial charge is 0.460 e. The van der Waals surface area contributed by atoms with Crippen molar-refractivity contribution in [1.29, 1.82) is 0 Å². The molecule has 0 saturated carbocycles. The van der Waals surface area contributed by atoms with Gasteiger partial charge in [-0.25, -0.2) is 0 Å². The van der Waals surface area contributed by atoms with Gasteiger partial charge in [-0.05, 0) is 0 Å². The molecule has 0 aliphatic rings. The second-order valence-electron chi connectivity index (χ2n) is 9.60. The third-order valence-electron chi connectivity index (χ3n) is 6.39. The van der Waals surface area contributed by atoms with E-state index in [-0.39, 0.29) is 0 Å². The molecule has 0 nitrogen and oxygen atoms in total. The van der Waals surface area contributed by atoms with Gasteiger partial charge in [-0.1, -0.05) is 6.92 Å². The maximum atomic E-state index is 13.8. The second-order valence-corrected chi connectivity index (χ2v) is 9.60. The molecule has 0 rings (SSSR count). The third-order valence-corrected chi connectivity index (χ3v) is 6.39. The molecule has 0 heterocycles. The van der Waals surface area contributed by atoms with E-state index in [1.165, 1.54) is 0 Å². The zero-order chi connectivity index (χ0) is 42.7. The van der Waals surface area contributed by atoms with Gasteiger partial charge in [0.1, 0.15) is 0 Å². The molecule has 0 aromatic heterocycles. The fourth-order valence-corrected chi connectivity index (χ4v) is 3.00. The van der Waals surface area contributed by atoms with Crippen molar-refractivity contribution in [3.8, 4) is 0 Å².